The SMILES string of the molecule is Cn1cnc(C(=O)NCc2ccc(CBr)cc2)c1. The Bertz CT molecular complexity index is 533. The predicted octanol–water partition coefficient (Wildman–Crippen LogP) is 2.25. The summed E-state index contributed by atoms with van der Waals surface area (Å²) < 4.78 is 1.75. The first-order valence-corrected chi connectivity index (χ1v) is 6.71. The van der Waals surface area contributed by atoms with Crippen molar-refractivity contribution >= 4 is 21.8 Å². The zero-order chi connectivity index (χ0) is 13.0. The van der Waals surface area contributed by atoms with Crippen molar-refractivity contribution in [1.29, 1.82) is 0 Å². The van der Waals surface area contributed by atoms with Crippen LogP contribution in [0, 0.1) is 0 Å². The van der Waals surface area contributed by atoms with Gasteiger partial charge in [-0.25, -0.2) is 4.98 Å². The largest absolute Gasteiger partial charge is 0.347 e. The Morgan fingerprint density at radius 2 is 2.00 bits per heavy atom. The highest BCUT2D eigenvalue weighted by molar-refractivity contribution is 9.08. The van der Waals surface area contributed by atoms with Crippen molar-refractivity contribution < 1.29 is 4.79 Å². The van der Waals surface area contributed by atoms with Crippen molar-refractivity contribution in [2.75, 3.05) is 0 Å². The molecule has 2 rings (SSSR count). The van der Waals surface area contributed by atoms with Crippen LogP contribution in [-0.2, 0) is 18.9 Å². The summed E-state index contributed by atoms with van der Waals surface area (Å²) in [6.07, 6.45) is 3.31. The van der Waals surface area contributed by atoms with Gasteiger partial charge in [0.2, 0.25) is 0 Å². The zero-order valence-corrected chi connectivity index (χ0v) is 11.6. The molecule has 0 saturated heterocycles. The van der Waals surface area contributed by atoms with Crippen LogP contribution >= 0.6 is 15.9 Å². The minimum absolute atomic E-state index is 0.153. The average Bonchev–Trinajstić information content (AvgIpc) is 2.83. The lowest BCUT2D eigenvalue weighted by Gasteiger charge is -2.04. The Hall–Kier alpha value is -1.62. The number of amides is 1. The molecule has 2 aromatic rings. The van der Waals surface area contributed by atoms with Crippen LogP contribution in [0.25, 0.3) is 0 Å². The number of carbonyl (C=O) groups excluding carboxylic acids is 1. The van der Waals surface area contributed by atoms with Crippen LogP contribution in [0.1, 0.15) is 21.6 Å². The topological polar surface area (TPSA) is 46.9 Å². The molecule has 0 aliphatic heterocycles. The highest BCUT2D eigenvalue weighted by Gasteiger charge is 2.07. The van der Waals surface area contributed by atoms with Gasteiger partial charge < -0.3 is 9.88 Å². The second kappa shape index (κ2) is 5.82. The molecule has 1 amide bonds. The van der Waals surface area contributed by atoms with E-state index in [0.29, 0.717) is 12.2 Å². The molecule has 0 bridgehead atoms. The summed E-state index contributed by atoms with van der Waals surface area (Å²) in [5.41, 5.74) is 2.73. The number of nitrogens with one attached hydrogen (secondary N) is 1. The monoisotopic (exact) mass is 307 g/mol. The lowest BCUT2D eigenvalue weighted by atomic mass is 10.1. The third-order valence-electron chi connectivity index (χ3n) is 2.57. The molecule has 5 heteroatoms. The van der Waals surface area contributed by atoms with E-state index in [4.69, 9.17) is 0 Å². The molecule has 0 unspecified atom stereocenters. The van der Waals surface area contributed by atoms with Gasteiger partial charge >= 0.3 is 0 Å². The van der Waals surface area contributed by atoms with Crippen molar-refractivity contribution in [3.05, 3.63) is 53.6 Å². The fraction of sp³-hybridized carbons (Fsp3) is 0.231. The van der Waals surface area contributed by atoms with E-state index in [1.54, 1.807) is 17.1 Å². The number of nitrogens with zero attached hydrogens (tertiary/aromatic N) is 2. The van der Waals surface area contributed by atoms with Crippen LogP contribution in [0.4, 0.5) is 0 Å². The Morgan fingerprint density at radius 3 is 2.56 bits per heavy atom. The molecule has 1 N–H and O–H groups in total. The molecule has 0 aliphatic rings. The van der Waals surface area contributed by atoms with Crippen LogP contribution in [-0.4, -0.2) is 15.5 Å². The predicted molar refractivity (Wildman–Crippen MR) is 73.5 cm³/mol. The summed E-state index contributed by atoms with van der Waals surface area (Å²) in [5.74, 6) is -0.153. The van der Waals surface area contributed by atoms with E-state index in [1.165, 1.54) is 5.56 Å². The summed E-state index contributed by atoms with van der Waals surface area (Å²) in [6, 6.07) is 8.10. The lowest BCUT2D eigenvalue weighted by Crippen LogP contribution is -2.23. The third kappa shape index (κ3) is 3.20. The summed E-state index contributed by atoms with van der Waals surface area (Å²) in [7, 11) is 1.84. The minimum Gasteiger partial charge on any atom is -0.347 e. The van der Waals surface area contributed by atoms with Crippen molar-refractivity contribution in [2.45, 2.75) is 11.9 Å². The zero-order valence-electron chi connectivity index (χ0n) is 10.1. The van der Waals surface area contributed by atoms with Gasteiger partial charge in [0, 0.05) is 25.1 Å². The maximum Gasteiger partial charge on any atom is 0.271 e. The molecule has 4 nitrogen and oxygen atoms in total. The summed E-state index contributed by atoms with van der Waals surface area (Å²) in [6.45, 7) is 0.512. The first kappa shape index (κ1) is 12.8. The van der Waals surface area contributed by atoms with E-state index in [9.17, 15) is 4.79 Å². The van der Waals surface area contributed by atoms with Crippen molar-refractivity contribution in [3.63, 3.8) is 0 Å². The number of hydrogen-bond donors (Lipinski definition) is 1. The van der Waals surface area contributed by atoms with Crippen molar-refractivity contribution in [3.8, 4) is 0 Å². The number of rotatable bonds is 4. The number of aromatic nitrogens is 2. The average molecular weight is 308 g/mol. The maximum absolute atomic E-state index is 11.8. The summed E-state index contributed by atoms with van der Waals surface area (Å²) in [4.78, 5) is 15.8. The molecule has 1 aromatic carbocycles. The molecule has 1 aromatic heterocycles. The molecule has 1 heterocycles. The highest BCUT2D eigenvalue weighted by Crippen LogP contribution is 2.07. The van der Waals surface area contributed by atoms with E-state index < -0.39 is 0 Å². The normalized spacial score (nSPS) is 10.3. The van der Waals surface area contributed by atoms with Gasteiger partial charge in [0.15, 0.2) is 0 Å². The van der Waals surface area contributed by atoms with Crippen LogP contribution in [0.15, 0.2) is 36.8 Å². The number of alkyl halides is 1. The molecular formula is C13H14BrN3O. The van der Waals surface area contributed by atoms with E-state index in [0.717, 1.165) is 10.9 Å². The third-order valence-corrected chi connectivity index (χ3v) is 3.22. The summed E-state index contributed by atoms with van der Waals surface area (Å²) >= 11 is 3.40. The number of carbonyl (C=O) groups is 1. The number of aryl methyl sites for hydroxylation is 1. The quantitative estimate of drug-likeness (QED) is 0.881. The van der Waals surface area contributed by atoms with E-state index in [1.807, 2.05) is 31.3 Å². The van der Waals surface area contributed by atoms with Gasteiger partial charge in [-0.15, -0.1) is 0 Å². The van der Waals surface area contributed by atoms with Crippen LogP contribution in [0.3, 0.4) is 0 Å². The number of benzene rings is 1. The van der Waals surface area contributed by atoms with Gasteiger partial charge in [0.25, 0.3) is 5.91 Å². The van der Waals surface area contributed by atoms with Gasteiger partial charge in [-0.2, -0.15) is 0 Å². The fourth-order valence-electron chi connectivity index (χ4n) is 1.55. The minimum atomic E-state index is -0.153. The fourth-order valence-corrected chi connectivity index (χ4v) is 1.92. The molecule has 94 valence electrons. The standard InChI is InChI=1S/C13H14BrN3O/c1-17-8-12(16-9-17)13(18)15-7-11-4-2-10(6-14)3-5-11/h2-5,8-9H,6-7H2,1H3,(H,15,18). The Morgan fingerprint density at radius 1 is 1.33 bits per heavy atom. The van der Waals surface area contributed by atoms with Crippen LogP contribution in [0.5, 0.6) is 0 Å². The molecule has 0 radical (unpaired) electrons. The molecule has 18 heavy (non-hydrogen) atoms. The van der Waals surface area contributed by atoms with Gasteiger partial charge in [0.1, 0.15) is 5.69 Å². The molecule has 0 spiro atoms. The maximum atomic E-state index is 11.8. The smallest absolute Gasteiger partial charge is 0.271 e. The Balaban J connectivity index is 1.92. The van der Waals surface area contributed by atoms with E-state index >= 15 is 0 Å². The second-order valence-corrected chi connectivity index (χ2v) is 4.62. The van der Waals surface area contributed by atoms with E-state index in [2.05, 4.69) is 26.2 Å². The molecular weight excluding hydrogens is 294 g/mol. The Labute approximate surface area is 114 Å². The molecule has 0 aliphatic carbocycles. The number of imidazole rings is 1. The second-order valence-electron chi connectivity index (χ2n) is 4.06. The van der Waals surface area contributed by atoms with Crippen LogP contribution in [0.2, 0.25) is 0 Å². The highest BCUT2D eigenvalue weighted by atomic mass is 79.9. The van der Waals surface area contributed by atoms with Crippen molar-refractivity contribution in [1.82, 2.24) is 14.9 Å². The van der Waals surface area contributed by atoms with E-state index in [-0.39, 0.29) is 5.91 Å². The lowest BCUT2D eigenvalue weighted by molar-refractivity contribution is 0.0946. The molecule has 0 fully saturated rings. The van der Waals surface area contributed by atoms with Crippen LogP contribution < -0.4 is 5.32 Å². The number of halogens is 1. The Kier molecular flexibility index (Phi) is 4.15. The van der Waals surface area contributed by atoms with Gasteiger partial charge in [-0.1, -0.05) is 40.2 Å². The molecule has 0 atom stereocenters. The first-order valence-electron chi connectivity index (χ1n) is 5.59. The number of hydrogen-bond acceptors (Lipinski definition) is 2. The summed E-state index contributed by atoms with van der Waals surface area (Å²) in [5, 5.41) is 3.68. The molecule has 0 saturated carbocycles. The van der Waals surface area contributed by atoms with Gasteiger partial charge in [-0.3, -0.25) is 4.79 Å². The van der Waals surface area contributed by atoms with Crippen molar-refractivity contribution in [2.24, 2.45) is 7.05 Å². The van der Waals surface area contributed by atoms with Gasteiger partial charge in [0.05, 0.1) is 6.33 Å². The first-order chi connectivity index (χ1) is 8.69. The van der Waals surface area contributed by atoms with Gasteiger partial charge in [-0.05, 0) is 11.1 Å².